The molecule has 0 saturated carbocycles. The van der Waals surface area contributed by atoms with E-state index < -0.39 is 0 Å². The Hall–Kier alpha value is -3.35. The number of piperidine rings is 1. The van der Waals surface area contributed by atoms with Crippen molar-refractivity contribution in [3.8, 4) is 0 Å². The van der Waals surface area contributed by atoms with E-state index in [1.807, 2.05) is 19.1 Å². The van der Waals surface area contributed by atoms with Crippen molar-refractivity contribution in [3.63, 3.8) is 0 Å². The van der Waals surface area contributed by atoms with Crippen LogP contribution in [0, 0.1) is 6.92 Å². The van der Waals surface area contributed by atoms with Gasteiger partial charge in [0.05, 0.1) is 6.10 Å². The Morgan fingerprint density at radius 2 is 1.42 bits per heavy atom. The maximum absolute atomic E-state index is 10.1. The van der Waals surface area contributed by atoms with Crippen LogP contribution in [0.15, 0.2) is 78.9 Å². The second-order valence-corrected chi connectivity index (χ2v) is 7.77. The number of hydrogen-bond acceptors (Lipinski definition) is 5. The standard InChI is InChI=1S/C19H23NO.C7H7NO.CH2O2/c1-20-14-12-18(13-15-20)21-19(16-8-4-2-5-9-16)17-10-6-3-7-11-17;1-6-3-2-4-7(5-9)8-6;2-1-3/h2-11,18-19H,12-15H2,1H3;2-5H,1H3;1H,(H,2,3). The minimum absolute atomic E-state index is 0.0424. The number of aldehydes is 1. The SMILES string of the molecule is CN1CCC(OC(c2ccccc2)c2ccccc2)CC1.Cc1cccc(C=O)n1.O=CO. The summed E-state index contributed by atoms with van der Waals surface area (Å²) in [4.78, 5) is 24.8. The lowest BCUT2D eigenvalue weighted by molar-refractivity contribution is -0.122. The van der Waals surface area contributed by atoms with Crippen LogP contribution in [0.1, 0.15) is 46.3 Å². The zero-order valence-electron chi connectivity index (χ0n) is 19.2. The molecule has 1 saturated heterocycles. The molecule has 1 fully saturated rings. The molecule has 0 atom stereocenters. The summed E-state index contributed by atoms with van der Waals surface area (Å²) in [6, 6.07) is 26.4. The van der Waals surface area contributed by atoms with Gasteiger partial charge in [-0.05, 0) is 50.1 Å². The molecule has 1 aliphatic rings. The van der Waals surface area contributed by atoms with Crippen molar-refractivity contribution < 1.29 is 19.4 Å². The monoisotopic (exact) mass is 448 g/mol. The molecule has 174 valence electrons. The van der Waals surface area contributed by atoms with E-state index >= 15 is 0 Å². The van der Waals surface area contributed by atoms with Gasteiger partial charge in [0, 0.05) is 18.8 Å². The third-order valence-corrected chi connectivity index (χ3v) is 5.23. The first-order valence-corrected chi connectivity index (χ1v) is 11.0. The van der Waals surface area contributed by atoms with Crippen molar-refractivity contribution >= 4 is 12.8 Å². The van der Waals surface area contributed by atoms with Crippen LogP contribution in [-0.4, -0.2) is 54.0 Å². The first-order chi connectivity index (χ1) is 16.1. The fourth-order valence-electron chi connectivity index (χ4n) is 3.55. The number of carboxylic acid groups (broad SMARTS) is 1. The van der Waals surface area contributed by atoms with E-state index in [2.05, 4.69) is 77.6 Å². The van der Waals surface area contributed by atoms with Gasteiger partial charge in [-0.1, -0.05) is 66.7 Å². The molecule has 33 heavy (non-hydrogen) atoms. The fourth-order valence-corrected chi connectivity index (χ4v) is 3.55. The first kappa shape index (κ1) is 25.9. The summed E-state index contributed by atoms with van der Waals surface area (Å²) < 4.78 is 6.49. The van der Waals surface area contributed by atoms with Crippen LogP contribution in [-0.2, 0) is 9.53 Å². The number of likely N-dealkylation sites (tertiary alicyclic amines) is 1. The second-order valence-electron chi connectivity index (χ2n) is 7.77. The lowest BCUT2D eigenvalue weighted by atomic mass is 10.00. The average molecular weight is 449 g/mol. The Balaban J connectivity index is 0.000000267. The molecule has 2 heterocycles. The first-order valence-electron chi connectivity index (χ1n) is 11.0. The van der Waals surface area contributed by atoms with E-state index in [0.29, 0.717) is 11.8 Å². The summed E-state index contributed by atoms with van der Waals surface area (Å²) in [5, 5.41) is 6.89. The molecule has 0 aliphatic carbocycles. The molecule has 6 heteroatoms. The van der Waals surface area contributed by atoms with Gasteiger partial charge in [0.2, 0.25) is 0 Å². The lowest BCUT2D eigenvalue weighted by Gasteiger charge is -2.32. The number of benzene rings is 2. The van der Waals surface area contributed by atoms with Crippen molar-refractivity contribution in [2.45, 2.75) is 32.0 Å². The smallest absolute Gasteiger partial charge is 0.290 e. The molecule has 0 amide bonds. The van der Waals surface area contributed by atoms with Gasteiger partial charge < -0.3 is 14.7 Å². The number of carbonyl (C=O) groups excluding carboxylic acids is 1. The molecule has 1 aromatic heterocycles. The Morgan fingerprint density at radius 1 is 0.909 bits per heavy atom. The molecule has 2 aromatic carbocycles. The van der Waals surface area contributed by atoms with Gasteiger partial charge in [0.1, 0.15) is 11.8 Å². The highest BCUT2D eigenvalue weighted by Gasteiger charge is 2.23. The number of pyridine rings is 1. The summed E-state index contributed by atoms with van der Waals surface area (Å²) in [6.45, 7) is 3.86. The Kier molecular flexibility index (Phi) is 11.5. The third-order valence-electron chi connectivity index (χ3n) is 5.23. The van der Waals surface area contributed by atoms with Gasteiger partial charge in [-0.3, -0.25) is 14.6 Å². The predicted octanol–water partition coefficient (Wildman–Crippen LogP) is 4.79. The fraction of sp³-hybridized carbons (Fsp3) is 0.296. The summed E-state index contributed by atoms with van der Waals surface area (Å²) in [5.74, 6) is 0. The minimum atomic E-state index is -0.250. The van der Waals surface area contributed by atoms with E-state index in [4.69, 9.17) is 14.6 Å². The van der Waals surface area contributed by atoms with Gasteiger partial charge in [-0.2, -0.15) is 0 Å². The number of aromatic nitrogens is 1. The molecule has 0 bridgehead atoms. The van der Waals surface area contributed by atoms with Crippen molar-refractivity contribution in [3.05, 3.63) is 101 Å². The Morgan fingerprint density at radius 3 is 1.85 bits per heavy atom. The van der Waals surface area contributed by atoms with Crippen LogP contribution >= 0.6 is 0 Å². The number of carbonyl (C=O) groups is 2. The molecule has 3 aromatic rings. The predicted molar refractivity (Wildman–Crippen MR) is 129 cm³/mol. The molecule has 0 radical (unpaired) electrons. The third kappa shape index (κ3) is 9.35. The van der Waals surface area contributed by atoms with E-state index in [1.54, 1.807) is 6.07 Å². The van der Waals surface area contributed by atoms with Crippen LogP contribution in [0.4, 0.5) is 0 Å². The normalized spacial score (nSPS) is 13.8. The number of hydrogen-bond donors (Lipinski definition) is 1. The maximum Gasteiger partial charge on any atom is 0.290 e. The topological polar surface area (TPSA) is 79.7 Å². The van der Waals surface area contributed by atoms with Crippen molar-refractivity contribution in [2.24, 2.45) is 0 Å². The van der Waals surface area contributed by atoms with Crippen LogP contribution in [0.5, 0.6) is 0 Å². The van der Waals surface area contributed by atoms with E-state index in [1.165, 1.54) is 11.1 Å². The molecular formula is C27H32N2O4. The van der Waals surface area contributed by atoms with Gasteiger partial charge in [0.25, 0.3) is 6.47 Å². The number of ether oxygens (including phenoxy) is 1. The van der Waals surface area contributed by atoms with Crippen molar-refractivity contribution in [2.75, 3.05) is 20.1 Å². The molecular weight excluding hydrogens is 416 g/mol. The van der Waals surface area contributed by atoms with Gasteiger partial charge in [-0.25, -0.2) is 0 Å². The second kappa shape index (κ2) is 14.7. The Labute approximate surface area is 195 Å². The maximum atomic E-state index is 10.1. The van der Waals surface area contributed by atoms with Crippen LogP contribution < -0.4 is 0 Å². The average Bonchev–Trinajstić information content (AvgIpc) is 2.86. The van der Waals surface area contributed by atoms with Crippen molar-refractivity contribution in [1.82, 2.24) is 9.88 Å². The molecule has 4 rings (SSSR count). The van der Waals surface area contributed by atoms with E-state index in [-0.39, 0.29) is 12.6 Å². The van der Waals surface area contributed by atoms with Gasteiger partial charge in [-0.15, -0.1) is 0 Å². The molecule has 0 spiro atoms. The molecule has 6 nitrogen and oxygen atoms in total. The van der Waals surface area contributed by atoms with Crippen LogP contribution in [0.2, 0.25) is 0 Å². The Bertz CT molecular complexity index is 903. The molecule has 1 N–H and O–H groups in total. The highest BCUT2D eigenvalue weighted by Crippen LogP contribution is 2.29. The van der Waals surface area contributed by atoms with Gasteiger partial charge >= 0.3 is 0 Å². The van der Waals surface area contributed by atoms with E-state index in [9.17, 15) is 4.79 Å². The zero-order valence-corrected chi connectivity index (χ0v) is 19.2. The van der Waals surface area contributed by atoms with Crippen LogP contribution in [0.25, 0.3) is 0 Å². The summed E-state index contributed by atoms with van der Waals surface area (Å²) in [7, 11) is 2.18. The molecule has 0 unspecified atom stereocenters. The largest absolute Gasteiger partial charge is 0.483 e. The number of nitrogens with zero attached hydrogens (tertiary/aromatic N) is 2. The summed E-state index contributed by atoms with van der Waals surface area (Å²) in [5.41, 5.74) is 3.85. The number of rotatable bonds is 5. The van der Waals surface area contributed by atoms with Crippen molar-refractivity contribution in [1.29, 1.82) is 0 Å². The quantitative estimate of drug-likeness (QED) is 0.566. The highest BCUT2D eigenvalue weighted by atomic mass is 16.5. The zero-order chi connectivity index (χ0) is 23.9. The summed E-state index contributed by atoms with van der Waals surface area (Å²) >= 11 is 0. The van der Waals surface area contributed by atoms with Crippen LogP contribution in [0.3, 0.4) is 0 Å². The lowest BCUT2D eigenvalue weighted by Crippen LogP contribution is -2.35. The molecule has 1 aliphatic heterocycles. The summed E-state index contributed by atoms with van der Waals surface area (Å²) in [6.07, 6.45) is 3.37. The number of aryl methyl sites for hydroxylation is 1. The van der Waals surface area contributed by atoms with E-state index in [0.717, 1.165) is 37.9 Å². The van der Waals surface area contributed by atoms with Gasteiger partial charge in [0.15, 0.2) is 6.29 Å². The minimum Gasteiger partial charge on any atom is -0.483 e. The highest BCUT2D eigenvalue weighted by molar-refractivity contribution is 5.71.